The minimum atomic E-state index is -1.21. The van der Waals surface area contributed by atoms with Crippen molar-refractivity contribution in [2.24, 2.45) is 17.6 Å². The molecule has 21 heavy (non-hydrogen) atoms. The standard InChI is InChI=1S/C15H22N2O4/c1-9(2)5-10(8-16)6-14(19)17-13-4-3-11(18)7-12(13)15(20)21/h3-4,7,9-10,18H,5-6,8,16H2,1-2H3,(H,17,19)(H,20,21). The number of carboxylic acid groups (broad SMARTS) is 1. The molecule has 0 aliphatic carbocycles. The fourth-order valence-electron chi connectivity index (χ4n) is 2.21. The van der Waals surface area contributed by atoms with Gasteiger partial charge in [-0.3, -0.25) is 4.79 Å². The Morgan fingerprint density at radius 2 is 2.00 bits per heavy atom. The Bertz CT molecular complexity index is 514. The maximum Gasteiger partial charge on any atom is 0.337 e. The summed E-state index contributed by atoms with van der Waals surface area (Å²) in [6.45, 7) is 4.53. The molecule has 1 aromatic rings. The van der Waals surface area contributed by atoms with Gasteiger partial charge in [-0.25, -0.2) is 4.79 Å². The number of carboxylic acids is 1. The summed E-state index contributed by atoms with van der Waals surface area (Å²) in [6.07, 6.45) is 1.08. The smallest absolute Gasteiger partial charge is 0.337 e. The molecule has 0 saturated carbocycles. The van der Waals surface area contributed by atoms with Gasteiger partial charge in [-0.05, 0) is 43.0 Å². The van der Waals surface area contributed by atoms with Crippen LogP contribution in [0.3, 0.4) is 0 Å². The Hall–Kier alpha value is -2.08. The van der Waals surface area contributed by atoms with E-state index in [1.807, 2.05) is 0 Å². The Labute approximate surface area is 124 Å². The van der Waals surface area contributed by atoms with E-state index in [9.17, 15) is 14.7 Å². The molecule has 1 amide bonds. The highest BCUT2D eigenvalue weighted by Crippen LogP contribution is 2.22. The number of carbonyl (C=O) groups is 2. The van der Waals surface area contributed by atoms with E-state index in [1.165, 1.54) is 12.1 Å². The molecular weight excluding hydrogens is 272 g/mol. The second kappa shape index (κ2) is 7.64. The molecule has 1 unspecified atom stereocenters. The number of aromatic hydroxyl groups is 1. The number of amides is 1. The third-order valence-corrected chi connectivity index (χ3v) is 3.12. The highest BCUT2D eigenvalue weighted by molar-refractivity contribution is 6.00. The van der Waals surface area contributed by atoms with Crippen molar-refractivity contribution in [1.29, 1.82) is 0 Å². The highest BCUT2D eigenvalue weighted by atomic mass is 16.4. The molecule has 0 fully saturated rings. The Balaban J connectivity index is 2.77. The quantitative estimate of drug-likeness (QED) is 0.575. The summed E-state index contributed by atoms with van der Waals surface area (Å²) in [7, 11) is 0. The highest BCUT2D eigenvalue weighted by Gasteiger charge is 2.17. The lowest BCUT2D eigenvalue weighted by molar-refractivity contribution is -0.117. The van der Waals surface area contributed by atoms with E-state index in [1.54, 1.807) is 0 Å². The predicted octanol–water partition coefficient (Wildman–Crippen LogP) is 2.04. The van der Waals surface area contributed by atoms with E-state index in [0.29, 0.717) is 12.5 Å². The topological polar surface area (TPSA) is 113 Å². The van der Waals surface area contributed by atoms with E-state index in [-0.39, 0.29) is 35.2 Å². The van der Waals surface area contributed by atoms with Gasteiger partial charge < -0.3 is 21.3 Å². The van der Waals surface area contributed by atoms with Crippen LogP contribution >= 0.6 is 0 Å². The number of anilines is 1. The zero-order valence-corrected chi connectivity index (χ0v) is 12.3. The van der Waals surface area contributed by atoms with Gasteiger partial charge in [-0.1, -0.05) is 13.8 Å². The molecule has 0 aromatic heterocycles. The summed E-state index contributed by atoms with van der Waals surface area (Å²) in [5.74, 6) is -1.15. The first-order valence-electron chi connectivity index (χ1n) is 6.89. The van der Waals surface area contributed by atoms with Crippen molar-refractivity contribution >= 4 is 17.6 Å². The zero-order valence-electron chi connectivity index (χ0n) is 12.3. The van der Waals surface area contributed by atoms with Crippen LogP contribution in [0, 0.1) is 11.8 Å². The third kappa shape index (κ3) is 5.43. The molecule has 5 N–H and O–H groups in total. The molecule has 1 atom stereocenters. The molecule has 0 aliphatic heterocycles. The molecule has 6 nitrogen and oxygen atoms in total. The van der Waals surface area contributed by atoms with Crippen molar-refractivity contribution in [3.8, 4) is 5.75 Å². The summed E-state index contributed by atoms with van der Waals surface area (Å²) < 4.78 is 0. The number of phenolic OH excluding ortho intramolecular Hbond substituents is 1. The van der Waals surface area contributed by atoms with Crippen molar-refractivity contribution in [1.82, 2.24) is 0 Å². The van der Waals surface area contributed by atoms with Crippen LogP contribution in [0.4, 0.5) is 5.69 Å². The molecule has 0 radical (unpaired) electrons. The second-order valence-corrected chi connectivity index (χ2v) is 5.52. The van der Waals surface area contributed by atoms with Crippen LogP contribution in [-0.2, 0) is 4.79 Å². The molecule has 0 saturated heterocycles. The van der Waals surface area contributed by atoms with Crippen molar-refractivity contribution in [3.63, 3.8) is 0 Å². The zero-order chi connectivity index (χ0) is 16.0. The largest absolute Gasteiger partial charge is 0.508 e. The summed E-state index contributed by atoms with van der Waals surface area (Å²) in [4.78, 5) is 23.1. The van der Waals surface area contributed by atoms with E-state index >= 15 is 0 Å². The van der Waals surface area contributed by atoms with E-state index in [4.69, 9.17) is 10.8 Å². The fraction of sp³-hybridized carbons (Fsp3) is 0.467. The Morgan fingerprint density at radius 3 is 2.52 bits per heavy atom. The normalized spacial score (nSPS) is 12.2. The van der Waals surface area contributed by atoms with Crippen molar-refractivity contribution in [2.75, 3.05) is 11.9 Å². The monoisotopic (exact) mass is 294 g/mol. The molecule has 0 spiro atoms. The van der Waals surface area contributed by atoms with Gasteiger partial charge in [0.1, 0.15) is 5.75 Å². The number of aromatic carboxylic acids is 1. The number of hydrogen-bond acceptors (Lipinski definition) is 4. The van der Waals surface area contributed by atoms with Crippen LogP contribution in [0.2, 0.25) is 0 Å². The number of nitrogens with one attached hydrogen (secondary N) is 1. The number of carbonyl (C=O) groups excluding carboxylic acids is 1. The van der Waals surface area contributed by atoms with E-state index < -0.39 is 5.97 Å². The van der Waals surface area contributed by atoms with Gasteiger partial charge in [0.25, 0.3) is 0 Å². The van der Waals surface area contributed by atoms with Gasteiger partial charge in [0.05, 0.1) is 11.3 Å². The molecular formula is C15H22N2O4. The first-order valence-corrected chi connectivity index (χ1v) is 6.89. The lowest BCUT2D eigenvalue weighted by atomic mass is 9.94. The molecule has 1 aromatic carbocycles. The van der Waals surface area contributed by atoms with Crippen LogP contribution < -0.4 is 11.1 Å². The van der Waals surface area contributed by atoms with Crippen LogP contribution in [-0.4, -0.2) is 28.6 Å². The number of nitrogens with two attached hydrogens (primary N) is 1. The SMILES string of the molecule is CC(C)CC(CN)CC(=O)Nc1ccc(O)cc1C(=O)O. The number of rotatable bonds is 7. The number of benzene rings is 1. The molecule has 0 aliphatic rings. The molecule has 1 rings (SSSR count). The first kappa shape index (κ1) is 17.0. The maximum atomic E-state index is 12.0. The van der Waals surface area contributed by atoms with Crippen molar-refractivity contribution in [2.45, 2.75) is 26.7 Å². The van der Waals surface area contributed by atoms with E-state index in [2.05, 4.69) is 19.2 Å². The first-order chi connectivity index (χ1) is 9.83. The van der Waals surface area contributed by atoms with Gasteiger partial charge >= 0.3 is 5.97 Å². The predicted molar refractivity (Wildman–Crippen MR) is 80.3 cm³/mol. The lowest BCUT2D eigenvalue weighted by Crippen LogP contribution is -2.24. The Morgan fingerprint density at radius 1 is 1.33 bits per heavy atom. The van der Waals surface area contributed by atoms with Gasteiger partial charge in [-0.2, -0.15) is 0 Å². The number of phenols is 1. The van der Waals surface area contributed by atoms with Gasteiger partial charge in [0, 0.05) is 6.42 Å². The minimum Gasteiger partial charge on any atom is -0.508 e. The van der Waals surface area contributed by atoms with Crippen LogP contribution in [0.5, 0.6) is 5.75 Å². The molecule has 6 heteroatoms. The van der Waals surface area contributed by atoms with Crippen LogP contribution in [0.1, 0.15) is 37.0 Å². The van der Waals surface area contributed by atoms with E-state index in [0.717, 1.165) is 12.5 Å². The molecule has 0 bridgehead atoms. The molecule has 116 valence electrons. The van der Waals surface area contributed by atoms with Gasteiger partial charge in [-0.15, -0.1) is 0 Å². The van der Waals surface area contributed by atoms with Crippen LogP contribution in [0.15, 0.2) is 18.2 Å². The van der Waals surface area contributed by atoms with Gasteiger partial charge in [0.15, 0.2) is 0 Å². The average Bonchev–Trinajstić information content (AvgIpc) is 2.39. The summed E-state index contributed by atoms with van der Waals surface area (Å²) in [6, 6.07) is 3.81. The van der Waals surface area contributed by atoms with Crippen LogP contribution in [0.25, 0.3) is 0 Å². The lowest BCUT2D eigenvalue weighted by Gasteiger charge is -2.17. The van der Waals surface area contributed by atoms with Crippen molar-refractivity contribution in [3.05, 3.63) is 23.8 Å². The average molecular weight is 294 g/mol. The summed E-state index contributed by atoms with van der Waals surface area (Å²) >= 11 is 0. The molecule has 0 heterocycles. The Kier molecular flexibility index (Phi) is 6.17. The minimum absolute atomic E-state index is 0.0652. The summed E-state index contributed by atoms with van der Waals surface area (Å²) in [5, 5.41) is 20.9. The van der Waals surface area contributed by atoms with Crippen molar-refractivity contribution < 1.29 is 19.8 Å². The summed E-state index contributed by atoms with van der Waals surface area (Å²) in [5.41, 5.74) is 5.68. The maximum absolute atomic E-state index is 12.0. The third-order valence-electron chi connectivity index (χ3n) is 3.12. The van der Waals surface area contributed by atoms with Gasteiger partial charge in [0.2, 0.25) is 5.91 Å². The second-order valence-electron chi connectivity index (χ2n) is 5.52. The fourth-order valence-corrected chi connectivity index (χ4v) is 2.21. The number of hydrogen-bond donors (Lipinski definition) is 4.